The first-order valence-electron chi connectivity index (χ1n) is 8.67. The van der Waals surface area contributed by atoms with Crippen LogP contribution >= 0.6 is 12.6 Å². The zero-order chi connectivity index (χ0) is 14.5. The number of ether oxygens (including phenoxy) is 1. The molecule has 3 rings (SSSR count). The lowest BCUT2D eigenvalue weighted by atomic mass is 9.83. The quantitative estimate of drug-likeness (QED) is 0.593. The molecule has 2 aliphatic carbocycles. The molecular formula is C19H28OS. The van der Waals surface area contributed by atoms with Gasteiger partial charge in [-0.25, -0.2) is 0 Å². The van der Waals surface area contributed by atoms with E-state index in [1.165, 1.54) is 75.3 Å². The number of hydrogen-bond acceptors (Lipinski definition) is 2. The highest BCUT2D eigenvalue weighted by atomic mass is 32.1. The third-order valence-corrected chi connectivity index (χ3v) is 6.04. The Morgan fingerprint density at radius 1 is 0.905 bits per heavy atom. The molecule has 0 unspecified atom stereocenters. The number of thiol groups is 1. The van der Waals surface area contributed by atoms with Crippen molar-refractivity contribution in [3.63, 3.8) is 0 Å². The molecule has 0 aromatic heterocycles. The van der Waals surface area contributed by atoms with Gasteiger partial charge in [-0.1, -0.05) is 31.7 Å². The average molecular weight is 304 g/mol. The minimum absolute atomic E-state index is 0.301. The normalized spacial score (nSPS) is 21.4. The lowest BCUT2D eigenvalue weighted by Gasteiger charge is -2.31. The summed E-state index contributed by atoms with van der Waals surface area (Å²) < 4.78 is 6.21. The molecule has 0 N–H and O–H groups in total. The first-order chi connectivity index (χ1) is 10.3. The largest absolute Gasteiger partial charge is 0.493 e. The molecule has 0 atom stereocenters. The summed E-state index contributed by atoms with van der Waals surface area (Å²) in [5, 5.41) is 0. The highest BCUT2D eigenvalue weighted by Crippen LogP contribution is 2.37. The van der Waals surface area contributed by atoms with E-state index in [9.17, 15) is 0 Å². The van der Waals surface area contributed by atoms with Crippen LogP contribution in [0.4, 0.5) is 0 Å². The monoisotopic (exact) mass is 304 g/mol. The van der Waals surface area contributed by atoms with E-state index in [1.54, 1.807) is 0 Å². The minimum atomic E-state index is 0.301. The van der Waals surface area contributed by atoms with Crippen LogP contribution in [-0.2, 0) is 12.8 Å². The zero-order valence-electron chi connectivity index (χ0n) is 13.1. The molecule has 1 nitrogen and oxygen atoms in total. The van der Waals surface area contributed by atoms with Crippen LogP contribution in [0.15, 0.2) is 18.2 Å². The molecule has 2 heteroatoms. The molecule has 0 spiro atoms. The van der Waals surface area contributed by atoms with Crippen LogP contribution in [0.25, 0.3) is 0 Å². The van der Waals surface area contributed by atoms with Gasteiger partial charge in [0.1, 0.15) is 5.75 Å². The third-order valence-electron chi connectivity index (χ3n) is 5.36. The first-order valence-corrected chi connectivity index (χ1v) is 9.30. The van der Waals surface area contributed by atoms with Crippen LogP contribution in [0, 0.1) is 5.41 Å². The van der Waals surface area contributed by atoms with E-state index < -0.39 is 0 Å². The summed E-state index contributed by atoms with van der Waals surface area (Å²) in [5.41, 5.74) is 3.35. The van der Waals surface area contributed by atoms with E-state index in [0.717, 1.165) is 18.1 Å². The molecule has 0 bridgehead atoms. The van der Waals surface area contributed by atoms with Gasteiger partial charge in [0.25, 0.3) is 0 Å². The third kappa shape index (κ3) is 3.77. The van der Waals surface area contributed by atoms with Gasteiger partial charge in [0, 0.05) is 5.41 Å². The van der Waals surface area contributed by atoms with E-state index >= 15 is 0 Å². The van der Waals surface area contributed by atoms with E-state index in [-0.39, 0.29) is 0 Å². The van der Waals surface area contributed by atoms with Crippen LogP contribution in [-0.4, -0.2) is 12.4 Å². The zero-order valence-corrected chi connectivity index (χ0v) is 14.0. The SMILES string of the molecule is SCC1(COc2ccc3c(c2)CCCC3)CCCCCC1. The summed E-state index contributed by atoms with van der Waals surface area (Å²) in [6.45, 7) is 0.843. The lowest BCUT2D eigenvalue weighted by Crippen LogP contribution is -2.30. The van der Waals surface area contributed by atoms with Gasteiger partial charge >= 0.3 is 0 Å². The maximum absolute atomic E-state index is 6.21. The second-order valence-electron chi connectivity index (χ2n) is 7.00. The van der Waals surface area contributed by atoms with Crippen molar-refractivity contribution in [3.05, 3.63) is 29.3 Å². The Balaban J connectivity index is 1.65. The van der Waals surface area contributed by atoms with Crippen molar-refractivity contribution < 1.29 is 4.74 Å². The fourth-order valence-corrected chi connectivity index (χ4v) is 4.27. The Labute approximate surface area is 134 Å². The average Bonchev–Trinajstić information content (AvgIpc) is 2.79. The van der Waals surface area contributed by atoms with E-state index in [2.05, 4.69) is 30.8 Å². The van der Waals surface area contributed by atoms with Gasteiger partial charge in [-0.2, -0.15) is 12.6 Å². The summed E-state index contributed by atoms with van der Waals surface area (Å²) >= 11 is 4.64. The predicted molar refractivity (Wildman–Crippen MR) is 92.6 cm³/mol. The Kier molecular flexibility index (Phi) is 5.15. The first kappa shape index (κ1) is 15.3. The Bertz CT molecular complexity index is 461. The summed E-state index contributed by atoms with van der Waals surface area (Å²) in [4.78, 5) is 0. The minimum Gasteiger partial charge on any atom is -0.493 e. The van der Waals surface area contributed by atoms with Gasteiger partial charge in [0.15, 0.2) is 0 Å². The van der Waals surface area contributed by atoms with Crippen molar-refractivity contribution in [1.29, 1.82) is 0 Å². The van der Waals surface area contributed by atoms with Crippen LogP contribution in [0.2, 0.25) is 0 Å². The van der Waals surface area contributed by atoms with Gasteiger partial charge in [0.2, 0.25) is 0 Å². The molecule has 0 heterocycles. The highest BCUT2D eigenvalue weighted by molar-refractivity contribution is 7.80. The topological polar surface area (TPSA) is 9.23 Å². The fraction of sp³-hybridized carbons (Fsp3) is 0.684. The summed E-state index contributed by atoms with van der Waals surface area (Å²) in [6, 6.07) is 6.74. The molecule has 116 valence electrons. The number of rotatable bonds is 4. The maximum atomic E-state index is 6.21. The molecule has 21 heavy (non-hydrogen) atoms. The lowest BCUT2D eigenvalue weighted by molar-refractivity contribution is 0.148. The van der Waals surface area contributed by atoms with Crippen LogP contribution in [0.5, 0.6) is 5.75 Å². The van der Waals surface area contributed by atoms with Crippen molar-refractivity contribution in [2.24, 2.45) is 5.41 Å². The van der Waals surface area contributed by atoms with Crippen molar-refractivity contribution in [2.45, 2.75) is 64.2 Å². The molecule has 1 saturated carbocycles. The van der Waals surface area contributed by atoms with Crippen molar-refractivity contribution in [2.75, 3.05) is 12.4 Å². The van der Waals surface area contributed by atoms with Gasteiger partial charge in [-0.3, -0.25) is 0 Å². The van der Waals surface area contributed by atoms with Gasteiger partial charge in [-0.05, 0) is 67.5 Å². The van der Waals surface area contributed by atoms with Crippen molar-refractivity contribution in [3.8, 4) is 5.75 Å². The Morgan fingerprint density at radius 2 is 1.62 bits per heavy atom. The highest BCUT2D eigenvalue weighted by Gasteiger charge is 2.30. The van der Waals surface area contributed by atoms with E-state index in [1.807, 2.05) is 0 Å². The number of aryl methyl sites for hydroxylation is 2. The second kappa shape index (κ2) is 7.09. The molecular weight excluding hydrogens is 276 g/mol. The molecule has 0 saturated heterocycles. The van der Waals surface area contributed by atoms with Crippen LogP contribution in [0.3, 0.4) is 0 Å². The smallest absolute Gasteiger partial charge is 0.119 e. The fourth-order valence-electron chi connectivity index (χ4n) is 3.86. The van der Waals surface area contributed by atoms with E-state index in [4.69, 9.17) is 4.74 Å². The molecule has 0 radical (unpaired) electrons. The molecule has 1 fully saturated rings. The van der Waals surface area contributed by atoms with Crippen molar-refractivity contribution in [1.82, 2.24) is 0 Å². The predicted octanol–water partition coefficient (Wildman–Crippen LogP) is 5.21. The van der Waals surface area contributed by atoms with E-state index in [0.29, 0.717) is 5.41 Å². The molecule has 1 aromatic rings. The van der Waals surface area contributed by atoms with Gasteiger partial charge in [-0.15, -0.1) is 0 Å². The number of benzene rings is 1. The molecule has 1 aromatic carbocycles. The van der Waals surface area contributed by atoms with Crippen LogP contribution < -0.4 is 4.74 Å². The summed E-state index contributed by atoms with van der Waals surface area (Å²) in [7, 11) is 0. The standard InChI is InChI=1S/C19H28OS/c21-15-19(11-5-1-2-6-12-19)14-20-18-10-9-16-7-3-4-8-17(16)13-18/h9-10,13,21H,1-8,11-12,14-15H2. The summed E-state index contributed by atoms with van der Waals surface area (Å²) in [5.74, 6) is 2.03. The van der Waals surface area contributed by atoms with Gasteiger partial charge in [0.05, 0.1) is 6.61 Å². The van der Waals surface area contributed by atoms with Crippen LogP contribution in [0.1, 0.15) is 62.5 Å². The summed E-state index contributed by atoms with van der Waals surface area (Å²) in [6.07, 6.45) is 13.2. The Morgan fingerprint density at radius 3 is 2.33 bits per heavy atom. The molecule has 2 aliphatic rings. The molecule has 0 aliphatic heterocycles. The second-order valence-corrected chi connectivity index (χ2v) is 7.31. The van der Waals surface area contributed by atoms with Crippen molar-refractivity contribution >= 4 is 12.6 Å². The Hall–Kier alpha value is -0.630. The number of fused-ring (bicyclic) bond motifs is 1. The number of hydrogen-bond donors (Lipinski definition) is 1. The van der Waals surface area contributed by atoms with Gasteiger partial charge < -0.3 is 4.74 Å². The maximum Gasteiger partial charge on any atom is 0.119 e. The molecule has 0 amide bonds.